The smallest absolute Gasteiger partial charge is 0.306 e. The van der Waals surface area contributed by atoms with Gasteiger partial charge in [-0.1, -0.05) is 6.92 Å². The van der Waals surface area contributed by atoms with Crippen molar-refractivity contribution >= 4 is 11.9 Å². The monoisotopic (exact) mass is 283 g/mol. The van der Waals surface area contributed by atoms with Gasteiger partial charge in [0.2, 0.25) is 5.91 Å². The van der Waals surface area contributed by atoms with Gasteiger partial charge in [-0.05, 0) is 44.4 Å². The van der Waals surface area contributed by atoms with Crippen LogP contribution in [0.3, 0.4) is 0 Å². The number of amides is 1. The number of ether oxygens (including phenoxy) is 1. The van der Waals surface area contributed by atoms with E-state index in [1.807, 2.05) is 0 Å². The van der Waals surface area contributed by atoms with E-state index in [1.165, 1.54) is 12.8 Å². The third-order valence-corrected chi connectivity index (χ3v) is 4.60. The topological polar surface area (TPSA) is 66.8 Å². The fraction of sp³-hybridized carbons (Fsp3) is 0.867. The van der Waals surface area contributed by atoms with Crippen LogP contribution in [0.4, 0.5) is 0 Å². The van der Waals surface area contributed by atoms with E-state index in [9.17, 15) is 9.59 Å². The Morgan fingerprint density at radius 2 is 1.70 bits per heavy atom. The fourth-order valence-electron chi connectivity index (χ4n) is 3.05. The molecule has 5 heteroatoms. The van der Waals surface area contributed by atoms with Crippen molar-refractivity contribution in [2.24, 2.45) is 11.8 Å². The number of hydrogen-bond donors (Lipinski definition) is 1. The van der Waals surface area contributed by atoms with Gasteiger partial charge in [0.15, 0.2) is 0 Å². The minimum Gasteiger partial charge on any atom is -0.481 e. The van der Waals surface area contributed by atoms with Crippen LogP contribution < -0.4 is 0 Å². The predicted octanol–water partition coefficient (Wildman–Crippen LogP) is 1.90. The zero-order valence-corrected chi connectivity index (χ0v) is 12.2. The lowest BCUT2D eigenvalue weighted by Crippen LogP contribution is -2.42. The Morgan fingerprint density at radius 3 is 2.25 bits per heavy atom. The van der Waals surface area contributed by atoms with E-state index in [0.29, 0.717) is 25.9 Å². The van der Waals surface area contributed by atoms with E-state index in [1.54, 1.807) is 4.90 Å². The van der Waals surface area contributed by atoms with Crippen molar-refractivity contribution in [3.8, 4) is 0 Å². The van der Waals surface area contributed by atoms with Crippen LogP contribution in [0.25, 0.3) is 0 Å². The van der Waals surface area contributed by atoms with Gasteiger partial charge in [0.25, 0.3) is 0 Å². The number of carboxylic acids is 1. The maximum Gasteiger partial charge on any atom is 0.306 e. The molecule has 0 aromatic heterocycles. The Balaban J connectivity index is 1.67. The van der Waals surface area contributed by atoms with Gasteiger partial charge in [-0.15, -0.1) is 0 Å². The van der Waals surface area contributed by atoms with E-state index < -0.39 is 5.97 Å². The predicted molar refractivity (Wildman–Crippen MR) is 74.3 cm³/mol. The van der Waals surface area contributed by atoms with Crippen molar-refractivity contribution in [3.63, 3.8) is 0 Å². The SMILES string of the molecule is CC1CCC(OCC(=O)N2CCC(C(=O)O)CC2)CC1. The minimum absolute atomic E-state index is 0.00691. The Labute approximate surface area is 120 Å². The first-order valence-corrected chi connectivity index (χ1v) is 7.68. The lowest BCUT2D eigenvalue weighted by Gasteiger charge is -2.31. The van der Waals surface area contributed by atoms with E-state index in [4.69, 9.17) is 9.84 Å². The van der Waals surface area contributed by atoms with Crippen LogP contribution in [0.2, 0.25) is 0 Å². The molecule has 0 atom stereocenters. The van der Waals surface area contributed by atoms with E-state index >= 15 is 0 Å². The van der Waals surface area contributed by atoms with Crippen molar-refractivity contribution in [2.45, 2.75) is 51.6 Å². The molecule has 5 nitrogen and oxygen atoms in total. The molecule has 0 radical (unpaired) electrons. The Kier molecular flexibility index (Phi) is 5.40. The Morgan fingerprint density at radius 1 is 1.10 bits per heavy atom. The van der Waals surface area contributed by atoms with Crippen LogP contribution in [-0.4, -0.2) is 47.7 Å². The summed E-state index contributed by atoms with van der Waals surface area (Å²) in [7, 11) is 0. The van der Waals surface area contributed by atoms with E-state index in [2.05, 4.69) is 6.92 Å². The average Bonchev–Trinajstić information content (AvgIpc) is 2.46. The zero-order valence-electron chi connectivity index (χ0n) is 12.2. The zero-order chi connectivity index (χ0) is 14.5. The molecule has 0 unspecified atom stereocenters. The summed E-state index contributed by atoms with van der Waals surface area (Å²) in [6.07, 6.45) is 5.81. The molecule has 2 fully saturated rings. The van der Waals surface area contributed by atoms with Crippen molar-refractivity contribution in [1.29, 1.82) is 0 Å². The second-order valence-electron chi connectivity index (χ2n) is 6.19. The molecule has 0 spiro atoms. The number of piperidine rings is 1. The van der Waals surface area contributed by atoms with Crippen LogP contribution >= 0.6 is 0 Å². The maximum atomic E-state index is 12.0. The van der Waals surface area contributed by atoms with Crippen LogP contribution in [0, 0.1) is 11.8 Å². The Hall–Kier alpha value is -1.10. The number of carbonyl (C=O) groups is 2. The molecule has 0 aromatic rings. The van der Waals surface area contributed by atoms with Gasteiger partial charge in [0.1, 0.15) is 6.61 Å². The maximum absolute atomic E-state index is 12.0. The highest BCUT2D eigenvalue weighted by molar-refractivity contribution is 5.78. The summed E-state index contributed by atoms with van der Waals surface area (Å²) in [5, 5.41) is 8.93. The summed E-state index contributed by atoms with van der Waals surface area (Å²) < 4.78 is 5.71. The number of rotatable bonds is 4. The van der Waals surface area contributed by atoms with E-state index in [0.717, 1.165) is 18.8 Å². The molecule has 20 heavy (non-hydrogen) atoms. The van der Waals surface area contributed by atoms with Crippen molar-refractivity contribution in [2.75, 3.05) is 19.7 Å². The molecular weight excluding hydrogens is 258 g/mol. The van der Waals surface area contributed by atoms with Crippen molar-refractivity contribution in [1.82, 2.24) is 4.90 Å². The van der Waals surface area contributed by atoms with Gasteiger partial charge in [-0.25, -0.2) is 0 Å². The summed E-state index contributed by atoms with van der Waals surface area (Å²) in [6.45, 7) is 3.49. The highest BCUT2D eigenvalue weighted by Crippen LogP contribution is 2.25. The third-order valence-electron chi connectivity index (χ3n) is 4.60. The van der Waals surface area contributed by atoms with Gasteiger partial charge >= 0.3 is 5.97 Å². The quantitative estimate of drug-likeness (QED) is 0.855. The van der Waals surface area contributed by atoms with Crippen molar-refractivity contribution in [3.05, 3.63) is 0 Å². The summed E-state index contributed by atoms with van der Waals surface area (Å²) in [5.74, 6) is -0.252. The normalized spacial score (nSPS) is 28.4. The first-order chi connectivity index (χ1) is 9.56. The van der Waals surface area contributed by atoms with Gasteiger partial charge < -0.3 is 14.7 Å². The van der Waals surface area contributed by atoms with E-state index in [-0.39, 0.29) is 24.5 Å². The number of aliphatic carboxylic acids is 1. The van der Waals surface area contributed by atoms with Crippen LogP contribution in [0.5, 0.6) is 0 Å². The third kappa shape index (κ3) is 4.20. The molecule has 2 rings (SSSR count). The van der Waals surface area contributed by atoms with Crippen molar-refractivity contribution < 1.29 is 19.4 Å². The molecule has 2 aliphatic rings. The molecule has 1 N–H and O–H groups in total. The summed E-state index contributed by atoms with van der Waals surface area (Å²) >= 11 is 0. The molecule has 1 aliphatic carbocycles. The number of likely N-dealkylation sites (tertiary alicyclic amines) is 1. The average molecular weight is 283 g/mol. The molecule has 1 heterocycles. The van der Waals surface area contributed by atoms with Crippen LogP contribution in [0.1, 0.15) is 45.4 Å². The van der Waals surface area contributed by atoms with Gasteiger partial charge in [0, 0.05) is 13.1 Å². The molecular formula is C15H25NO4. The number of carboxylic acid groups (broad SMARTS) is 1. The van der Waals surface area contributed by atoms with Gasteiger partial charge in [-0.2, -0.15) is 0 Å². The lowest BCUT2D eigenvalue weighted by atomic mass is 9.89. The van der Waals surface area contributed by atoms with Crippen LogP contribution in [0.15, 0.2) is 0 Å². The second kappa shape index (κ2) is 7.07. The van der Waals surface area contributed by atoms with Crippen LogP contribution in [-0.2, 0) is 14.3 Å². The summed E-state index contributed by atoms with van der Waals surface area (Å²) in [6, 6.07) is 0. The van der Waals surface area contributed by atoms with Gasteiger partial charge in [-0.3, -0.25) is 9.59 Å². The molecule has 0 bridgehead atoms. The highest BCUT2D eigenvalue weighted by Gasteiger charge is 2.27. The first-order valence-electron chi connectivity index (χ1n) is 7.68. The second-order valence-corrected chi connectivity index (χ2v) is 6.19. The highest BCUT2D eigenvalue weighted by atomic mass is 16.5. The molecule has 114 valence electrons. The molecule has 0 aromatic carbocycles. The number of carbonyl (C=O) groups excluding carboxylic acids is 1. The molecule has 1 aliphatic heterocycles. The largest absolute Gasteiger partial charge is 0.481 e. The standard InChI is InChI=1S/C15H25NO4/c1-11-2-4-13(5-3-11)20-10-14(17)16-8-6-12(7-9-16)15(18)19/h11-13H,2-10H2,1H3,(H,18,19). The minimum atomic E-state index is -0.746. The number of nitrogens with zero attached hydrogens (tertiary/aromatic N) is 1. The lowest BCUT2D eigenvalue weighted by molar-refractivity contribution is -0.147. The van der Waals surface area contributed by atoms with Gasteiger partial charge in [0.05, 0.1) is 12.0 Å². The Bertz CT molecular complexity index is 342. The molecule has 1 saturated heterocycles. The fourth-order valence-corrected chi connectivity index (χ4v) is 3.05. The molecule has 1 saturated carbocycles. The first kappa shape index (κ1) is 15.3. The summed E-state index contributed by atoms with van der Waals surface area (Å²) in [4.78, 5) is 24.6. The number of hydrogen-bond acceptors (Lipinski definition) is 3. The molecule has 1 amide bonds. The summed E-state index contributed by atoms with van der Waals surface area (Å²) in [5.41, 5.74) is 0.